The predicted molar refractivity (Wildman–Crippen MR) is 120 cm³/mol. The molecule has 1 fully saturated rings. The molecule has 0 radical (unpaired) electrons. The van der Waals surface area contributed by atoms with Crippen molar-refractivity contribution in [2.24, 2.45) is 4.99 Å². The number of ether oxygens (including phenoxy) is 2. The number of hydrogen-bond donors (Lipinski definition) is 2. The zero-order valence-electron chi connectivity index (χ0n) is 17.1. The molecule has 2 aromatic carbocycles. The summed E-state index contributed by atoms with van der Waals surface area (Å²) in [6.45, 7) is 3.90. The van der Waals surface area contributed by atoms with Gasteiger partial charge in [-0.1, -0.05) is 42.5 Å². The van der Waals surface area contributed by atoms with Crippen molar-refractivity contribution in [3.8, 4) is 0 Å². The normalized spacial score (nSPS) is 15.3. The third-order valence-corrected chi connectivity index (χ3v) is 5.78. The third-order valence-electron chi connectivity index (χ3n) is 4.77. The van der Waals surface area contributed by atoms with Crippen molar-refractivity contribution in [3.05, 3.63) is 65.7 Å². The summed E-state index contributed by atoms with van der Waals surface area (Å²) in [6.07, 6.45) is 2.33. The highest BCUT2D eigenvalue weighted by Gasteiger charge is 2.13. The molecule has 2 N–H and O–H groups in total. The molecule has 1 aliphatic rings. The third kappa shape index (κ3) is 8.09. The van der Waals surface area contributed by atoms with Gasteiger partial charge in [0, 0.05) is 44.0 Å². The molecule has 0 aromatic heterocycles. The molecule has 29 heavy (non-hydrogen) atoms. The lowest BCUT2D eigenvalue weighted by atomic mass is 10.1. The van der Waals surface area contributed by atoms with E-state index < -0.39 is 0 Å². The molecule has 0 aliphatic carbocycles. The molecular weight excluding hydrogens is 382 g/mol. The van der Waals surface area contributed by atoms with Crippen molar-refractivity contribution in [1.29, 1.82) is 0 Å². The number of hydrogen-bond acceptors (Lipinski definition) is 4. The molecule has 1 saturated heterocycles. The van der Waals surface area contributed by atoms with Gasteiger partial charge in [0.15, 0.2) is 5.96 Å². The second-order valence-electron chi connectivity index (χ2n) is 6.95. The lowest BCUT2D eigenvalue weighted by Crippen LogP contribution is -2.37. The van der Waals surface area contributed by atoms with Crippen LogP contribution in [-0.4, -0.2) is 44.6 Å². The van der Waals surface area contributed by atoms with Gasteiger partial charge in [-0.25, -0.2) is 0 Å². The van der Waals surface area contributed by atoms with Crippen molar-refractivity contribution < 1.29 is 9.47 Å². The van der Waals surface area contributed by atoms with E-state index in [0.717, 1.165) is 50.9 Å². The first-order valence-corrected chi connectivity index (χ1v) is 11.2. The van der Waals surface area contributed by atoms with Crippen LogP contribution in [0.3, 0.4) is 0 Å². The summed E-state index contributed by atoms with van der Waals surface area (Å²) in [5.41, 5.74) is 2.43. The standard InChI is InChI=1S/C23H31N3O2S/c1-24-23(25-13-16-29-22-5-3-2-4-6-22)26-17-19-7-9-20(10-8-19)18-28-21-11-14-27-15-12-21/h2-10,21H,11-18H2,1H3,(H2,24,25,26). The molecule has 1 heterocycles. The van der Waals surface area contributed by atoms with Gasteiger partial charge < -0.3 is 20.1 Å². The number of nitrogens with zero attached hydrogens (tertiary/aromatic N) is 1. The van der Waals surface area contributed by atoms with Crippen molar-refractivity contribution in [3.63, 3.8) is 0 Å². The van der Waals surface area contributed by atoms with Crippen LogP contribution in [0.15, 0.2) is 64.5 Å². The minimum absolute atomic E-state index is 0.333. The molecule has 3 rings (SSSR count). The number of nitrogens with one attached hydrogen (secondary N) is 2. The fourth-order valence-electron chi connectivity index (χ4n) is 3.07. The maximum absolute atomic E-state index is 5.98. The van der Waals surface area contributed by atoms with Gasteiger partial charge in [-0.15, -0.1) is 11.8 Å². The minimum Gasteiger partial charge on any atom is -0.381 e. The predicted octanol–water partition coefficient (Wildman–Crippen LogP) is 3.84. The first-order valence-electron chi connectivity index (χ1n) is 10.2. The lowest BCUT2D eigenvalue weighted by molar-refractivity contribution is -0.0390. The zero-order chi connectivity index (χ0) is 20.2. The Bertz CT molecular complexity index is 732. The molecular formula is C23H31N3O2S. The van der Waals surface area contributed by atoms with E-state index in [2.05, 4.69) is 64.2 Å². The largest absolute Gasteiger partial charge is 0.381 e. The van der Waals surface area contributed by atoms with Crippen LogP contribution in [-0.2, 0) is 22.6 Å². The second kappa shape index (κ2) is 12.5. The van der Waals surface area contributed by atoms with Crippen LogP contribution in [0.2, 0.25) is 0 Å². The molecule has 5 nitrogen and oxygen atoms in total. The Morgan fingerprint density at radius 3 is 2.48 bits per heavy atom. The monoisotopic (exact) mass is 413 g/mol. The summed E-state index contributed by atoms with van der Waals surface area (Å²) in [4.78, 5) is 5.59. The highest BCUT2D eigenvalue weighted by molar-refractivity contribution is 7.99. The smallest absolute Gasteiger partial charge is 0.191 e. The quantitative estimate of drug-likeness (QED) is 0.283. The average Bonchev–Trinajstić information content (AvgIpc) is 2.79. The minimum atomic E-state index is 0.333. The fourth-order valence-corrected chi connectivity index (χ4v) is 3.86. The molecule has 0 unspecified atom stereocenters. The van der Waals surface area contributed by atoms with Crippen molar-refractivity contribution in [2.45, 2.75) is 37.0 Å². The van der Waals surface area contributed by atoms with E-state index in [9.17, 15) is 0 Å². The molecule has 0 saturated carbocycles. The van der Waals surface area contributed by atoms with Crippen molar-refractivity contribution in [2.75, 3.05) is 32.6 Å². The Kier molecular flexibility index (Phi) is 9.36. The molecule has 1 aliphatic heterocycles. The van der Waals surface area contributed by atoms with E-state index >= 15 is 0 Å². The molecule has 156 valence electrons. The van der Waals surface area contributed by atoms with Gasteiger partial charge in [0.05, 0.1) is 12.7 Å². The Hall–Kier alpha value is -2.02. The first kappa shape index (κ1) is 21.7. The highest BCUT2D eigenvalue weighted by atomic mass is 32.2. The van der Waals surface area contributed by atoms with Crippen LogP contribution >= 0.6 is 11.8 Å². The van der Waals surface area contributed by atoms with Crippen LogP contribution in [0.4, 0.5) is 0 Å². The zero-order valence-corrected chi connectivity index (χ0v) is 17.9. The molecule has 0 bridgehead atoms. The van der Waals surface area contributed by atoms with E-state index in [0.29, 0.717) is 12.7 Å². The van der Waals surface area contributed by atoms with E-state index in [1.807, 2.05) is 17.8 Å². The molecule has 0 amide bonds. The lowest BCUT2D eigenvalue weighted by Gasteiger charge is -2.22. The Morgan fingerprint density at radius 1 is 1.03 bits per heavy atom. The van der Waals surface area contributed by atoms with E-state index in [1.165, 1.54) is 16.0 Å². The summed E-state index contributed by atoms with van der Waals surface area (Å²) < 4.78 is 11.4. The topological polar surface area (TPSA) is 54.9 Å². The van der Waals surface area contributed by atoms with Gasteiger partial charge in [-0.3, -0.25) is 4.99 Å². The molecule has 6 heteroatoms. The second-order valence-corrected chi connectivity index (χ2v) is 8.12. The molecule has 2 aromatic rings. The average molecular weight is 414 g/mol. The summed E-state index contributed by atoms with van der Waals surface area (Å²) in [7, 11) is 1.80. The van der Waals surface area contributed by atoms with Gasteiger partial charge in [0.25, 0.3) is 0 Å². The van der Waals surface area contributed by atoms with E-state index in [4.69, 9.17) is 9.47 Å². The summed E-state index contributed by atoms with van der Waals surface area (Å²) in [6, 6.07) is 19.0. The van der Waals surface area contributed by atoms with Gasteiger partial charge in [-0.05, 0) is 36.1 Å². The Balaban J connectivity index is 1.33. The Morgan fingerprint density at radius 2 is 1.76 bits per heavy atom. The van der Waals surface area contributed by atoms with E-state index in [1.54, 1.807) is 7.05 Å². The summed E-state index contributed by atoms with van der Waals surface area (Å²) in [5.74, 6) is 1.82. The van der Waals surface area contributed by atoms with Crippen LogP contribution in [0, 0.1) is 0 Å². The fraction of sp³-hybridized carbons (Fsp3) is 0.435. The number of aliphatic imine (C=N–C) groups is 1. The number of thioether (sulfide) groups is 1. The van der Waals surface area contributed by atoms with Gasteiger partial charge >= 0.3 is 0 Å². The first-order chi connectivity index (χ1) is 14.3. The maximum Gasteiger partial charge on any atom is 0.191 e. The van der Waals surface area contributed by atoms with Crippen LogP contribution < -0.4 is 10.6 Å². The number of rotatable bonds is 9. The summed E-state index contributed by atoms with van der Waals surface area (Å²) >= 11 is 1.84. The van der Waals surface area contributed by atoms with E-state index in [-0.39, 0.29) is 0 Å². The maximum atomic E-state index is 5.98. The van der Waals surface area contributed by atoms with Gasteiger partial charge in [-0.2, -0.15) is 0 Å². The molecule has 0 atom stereocenters. The Labute approximate surface area is 178 Å². The van der Waals surface area contributed by atoms with Crippen molar-refractivity contribution in [1.82, 2.24) is 10.6 Å². The van der Waals surface area contributed by atoms with Crippen molar-refractivity contribution >= 4 is 17.7 Å². The van der Waals surface area contributed by atoms with Gasteiger partial charge in [0.1, 0.15) is 0 Å². The van der Waals surface area contributed by atoms with Crippen LogP contribution in [0.5, 0.6) is 0 Å². The number of benzene rings is 2. The van der Waals surface area contributed by atoms with Gasteiger partial charge in [0.2, 0.25) is 0 Å². The molecule has 0 spiro atoms. The number of guanidine groups is 1. The van der Waals surface area contributed by atoms with Crippen LogP contribution in [0.25, 0.3) is 0 Å². The SMILES string of the molecule is CN=C(NCCSc1ccccc1)NCc1ccc(COC2CCOCC2)cc1. The summed E-state index contributed by atoms with van der Waals surface area (Å²) in [5, 5.41) is 6.74. The van der Waals surface area contributed by atoms with Crippen LogP contribution in [0.1, 0.15) is 24.0 Å². The highest BCUT2D eigenvalue weighted by Crippen LogP contribution is 2.16.